The smallest absolute Gasteiger partial charge is 0.220 e. The molecule has 0 saturated heterocycles. The third kappa shape index (κ3) is 4.63. The van der Waals surface area contributed by atoms with Crippen LogP contribution in [0, 0.1) is 0 Å². The van der Waals surface area contributed by atoms with Gasteiger partial charge < -0.3 is 5.32 Å². The van der Waals surface area contributed by atoms with Crippen LogP contribution in [-0.2, 0) is 17.8 Å². The largest absolute Gasteiger partial charge is 0.352 e. The Morgan fingerprint density at radius 3 is 2.48 bits per heavy atom. The molecule has 3 rings (SSSR count). The Bertz CT molecular complexity index is 842. The monoisotopic (exact) mass is 389 g/mol. The van der Waals surface area contributed by atoms with E-state index in [1.54, 1.807) is 29.5 Å². The molecule has 1 aromatic heterocycles. The Morgan fingerprint density at radius 2 is 1.76 bits per heavy atom. The van der Waals surface area contributed by atoms with Crippen molar-refractivity contribution in [2.45, 2.75) is 19.4 Å². The molecule has 2 aromatic carbocycles. The lowest BCUT2D eigenvalue weighted by molar-refractivity contribution is -0.121. The van der Waals surface area contributed by atoms with E-state index in [1.807, 2.05) is 18.2 Å². The summed E-state index contributed by atoms with van der Waals surface area (Å²) < 4.78 is 0. The zero-order chi connectivity index (χ0) is 17.6. The standard InChI is InChI=1S/C20H17Cl2NOS/c21-18-6-3-7-19(22)17(18)8-9-20(24)23-12-14-4-1-2-5-16(14)15-10-11-25-13-15/h1-7,10-11,13H,8-9,12H2,(H,23,24). The van der Waals surface area contributed by atoms with Crippen molar-refractivity contribution < 1.29 is 4.79 Å². The van der Waals surface area contributed by atoms with Gasteiger partial charge in [-0.3, -0.25) is 4.79 Å². The summed E-state index contributed by atoms with van der Waals surface area (Å²) >= 11 is 14.0. The average molecular weight is 390 g/mol. The van der Waals surface area contributed by atoms with Crippen LogP contribution < -0.4 is 5.32 Å². The van der Waals surface area contributed by atoms with Crippen LogP contribution >= 0.6 is 34.5 Å². The van der Waals surface area contributed by atoms with Crippen LogP contribution in [0.25, 0.3) is 11.1 Å². The molecule has 0 aliphatic heterocycles. The minimum atomic E-state index is -0.0175. The molecule has 0 saturated carbocycles. The summed E-state index contributed by atoms with van der Waals surface area (Å²) in [5.74, 6) is -0.0175. The molecule has 3 aromatic rings. The molecule has 5 heteroatoms. The second-order valence-corrected chi connectivity index (χ2v) is 7.24. The van der Waals surface area contributed by atoms with Gasteiger partial charge in [0.1, 0.15) is 0 Å². The third-order valence-corrected chi connectivity index (χ3v) is 5.38. The highest BCUT2D eigenvalue weighted by atomic mass is 35.5. The maximum absolute atomic E-state index is 12.2. The molecule has 1 heterocycles. The highest BCUT2D eigenvalue weighted by Gasteiger charge is 2.10. The van der Waals surface area contributed by atoms with Gasteiger partial charge in [-0.1, -0.05) is 53.5 Å². The summed E-state index contributed by atoms with van der Waals surface area (Å²) in [6.07, 6.45) is 0.876. The summed E-state index contributed by atoms with van der Waals surface area (Å²) in [6, 6.07) is 15.6. The lowest BCUT2D eigenvalue weighted by Gasteiger charge is -2.11. The van der Waals surface area contributed by atoms with Gasteiger partial charge in [-0.2, -0.15) is 11.3 Å². The van der Waals surface area contributed by atoms with Gasteiger partial charge in [-0.05, 0) is 57.6 Å². The molecular formula is C20H17Cl2NOS. The number of thiophene rings is 1. The van der Waals surface area contributed by atoms with Gasteiger partial charge >= 0.3 is 0 Å². The highest BCUT2D eigenvalue weighted by molar-refractivity contribution is 7.08. The van der Waals surface area contributed by atoms with Crippen molar-refractivity contribution in [1.29, 1.82) is 0 Å². The molecule has 128 valence electrons. The number of rotatable bonds is 6. The van der Waals surface area contributed by atoms with E-state index in [9.17, 15) is 4.79 Å². The fourth-order valence-corrected chi connectivity index (χ4v) is 3.91. The number of carbonyl (C=O) groups is 1. The van der Waals surface area contributed by atoms with E-state index in [0.717, 1.165) is 16.7 Å². The van der Waals surface area contributed by atoms with Crippen molar-refractivity contribution in [3.8, 4) is 11.1 Å². The van der Waals surface area contributed by atoms with Crippen LogP contribution in [0.1, 0.15) is 17.5 Å². The first kappa shape index (κ1) is 18.0. The molecule has 2 nitrogen and oxygen atoms in total. The second-order valence-electron chi connectivity index (χ2n) is 5.65. The summed E-state index contributed by atoms with van der Waals surface area (Å²) in [6.45, 7) is 0.501. The lowest BCUT2D eigenvalue weighted by atomic mass is 10.0. The number of hydrogen-bond donors (Lipinski definition) is 1. The predicted molar refractivity (Wildman–Crippen MR) is 106 cm³/mol. The van der Waals surface area contributed by atoms with E-state index in [1.165, 1.54) is 5.56 Å². The molecule has 0 unspecified atom stereocenters. The van der Waals surface area contributed by atoms with Gasteiger partial charge in [0, 0.05) is 23.0 Å². The highest BCUT2D eigenvalue weighted by Crippen LogP contribution is 2.27. The number of benzene rings is 2. The normalized spacial score (nSPS) is 10.6. The van der Waals surface area contributed by atoms with Crippen LogP contribution in [-0.4, -0.2) is 5.91 Å². The molecule has 1 N–H and O–H groups in total. The van der Waals surface area contributed by atoms with Crippen molar-refractivity contribution >= 4 is 40.4 Å². The van der Waals surface area contributed by atoms with Gasteiger partial charge in [-0.15, -0.1) is 0 Å². The molecule has 0 fully saturated rings. The topological polar surface area (TPSA) is 29.1 Å². The van der Waals surface area contributed by atoms with Crippen molar-refractivity contribution in [2.75, 3.05) is 0 Å². The molecular weight excluding hydrogens is 373 g/mol. The molecule has 0 radical (unpaired) electrons. The van der Waals surface area contributed by atoms with Crippen LogP contribution in [0.5, 0.6) is 0 Å². The Labute approximate surface area is 161 Å². The van der Waals surface area contributed by atoms with Gasteiger partial charge in [0.25, 0.3) is 0 Å². The molecule has 0 bridgehead atoms. The van der Waals surface area contributed by atoms with Crippen molar-refractivity contribution in [2.24, 2.45) is 0 Å². The number of nitrogens with one attached hydrogen (secondary N) is 1. The second kappa shape index (κ2) is 8.52. The number of carbonyl (C=O) groups excluding carboxylic acids is 1. The van der Waals surface area contributed by atoms with E-state index in [0.29, 0.717) is 29.4 Å². The lowest BCUT2D eigenvalue weighted by Crippen LogP contribution is -2.23. The predicted octanol–water partition coefficient (Wildman–Crippen LogP) is 5.97. The van der Waals surface area contributed by atoms with Gasteiger partial charge in [-0.25, -0.2) is 0 Å². The summed E-state index contributed by atoms with van der Waals surface area (Å²) in [7, 11) is 0. The minimum Gasteiger partial charge on any atom is -0.352 e. The summed E-state index contributed by atoms with van der Waals surface area (Å²) in [4.78, 5) is 12.2. The van der Waals surface area contributed by atoms with Crippen LogP contribution in [0.2, 0.25) is 10.0 Å². The quantitative estimate of drug-likeness (QED) is 0.552. The van der Waals surface area contributed by atoms with Crippen LogP contribution in [0.4, 0.5) is 0 Å². The first-order chi connectivity index (χ1) is 12.1. The van der Waals surface area contributed by atoms with Gasteiger partial charge in [0.15, 0.2) is 0 Å². The van der Waals surface area contributed by atoms with Crippen LogP contribution in [0.15, 0.2) is 59.3 Å². The third-order valence-electron chi connectivity index (χ3n) is 3.99. The number of halogens is 2. The Hall–Kier alpha value is -1.81. The maximum Gasteiger partial charge on any atom is 0.220 e. The van der Waals surface area contributed by atoms with Crippen molar-refractivity contribution in [3.63, 3.8) is 0 Å². The molecule has 1 amide bonds. The van der Waals surface area contributed by atoms with E-state index in [-0.39, 0.29) is 5.91 Å². The van der Waals surface area contributed by atoms with E-state index in [4.69, 9.17) is 23.2 Å². The Kier molecular flexibility index (Phi) is 6.14. The minimum absolute atomic E-state index is 0.0175. The van der Waals surface area contributed by atoms with E-state index >= 15 is 0 Å². The Balaban J connectivity index is 1.60. The fraction of sp³-hybridized carbons (Fsp3) is 0.150. The number of hydrogen-bond acceptors (Lipinski definition) is 2. The number of amides is 1. The first-order valence-corrected chi connectivity index (χ1v) is 9.65. The van der Waals surface area contributed by atoms with Crippen molar-refractivity contribution in [3.05, 3.63) is 80.5 Å². The molecule has 25 heavy (non-hydrogen) atoms. The molecule has 0 aliphatic rings. The zero-order valence-corrected chi connectivity index (χ0v) is 15.8. The Morgan fingerprint density at radius 1 is 1.00 bits per heavy atom. The molecule has 0 spiro atoms. The summed E-state index contributed by atoms with van der Waals surface area (Å²) in [5, 5.41) is 8.35. The first-order valence-electron chi connectivity index (χ1n) is 7.95. The van der Waals surface area contributed by atoms with Crippen molar-refractivity contribution in [1.82, 2.24) is 5.32 Å². The average Bonchev–Trinajstić information content (AvgIpc) is 3.14. The molecule has 0 aliphatic carbocycles. The van der Waals surface area contributed by atoms with Gasteiger partial charge in [0.05, 0.1) is 0 Å². The van der Waals surface area contributed by atoms with E-state index in [2.05, 4.69) is 28.2 Å². The van der Waals surface area contributed by atoms with Crippen LogP contribution in [0.3, 0.4) is 0 Å². The maximum atomic E-state index is 12.2. The fourth-order valence-electron chi connectivity index (χ4n) is 2.67. The summed E-state index contributed by atoms with van der Waals surface area (Å²) in [5.41, 5.74) is 4.25. The van der Waals surface area contributed by atoms with E-state index < -0.39 is 0 Å². The zero-order valence-electron chi connectivity index (χ0n) is 13.5. The SMILES string of the molecule is O=C(CCc1c(Cl)cccc1Cl)NCc1ccccc1-c1ccsc1. The van der Waals surface area contributed by atoms with Gasteiger partial charge in [0.2, 0.25) is 5.91 Å². The molecule has 0 atom stereocenters.